The number of carbonyl (C=O) groups excluding carboxylic acids is 3. The van der Waals surface area contributed by atoms with E-state index in [0.717, 1.165) is 0 Å². The van der Waals surface area contributed by atoms with E-state index in [1.165, 1.54) is 12.3 Å². The predicted octanol–water partition coefficient (Wildman–Crippen LogP) is 2.52. The van der Waals surface area contributed by atoms with Crippen molar-refractivity contribution >= 4 is 17.8 Å². The summed E-state index contributed by atoms with van der Waals surface area (Å²) in [5.41, 5.74) is 5.65. The summed E-state index contributed by atoms with van der Waals surface area (Å²) >= 11 is 0. The lowest BCUT2D eigenvalue weighted by Crippen LogP contribution is -2.43. The lowest BCUT2D eigenvalue weighted by atomic mass is 9.88. The lowest BCUT2D eigenvalue weighted by Gasteiger charge is -2.26. The monoisotopic (exact) mass is 392 g/mol. The number of fused-ring (bicyclic) bond motifs is 2. The highest BCUT2D eigenvalue weighted by Crippen LogP contribution is 2.44. The van der Waals surface area contributed by atoms with Gasteiger partial charge in [-0.05, 0) is 24.3 Å². The number of para-hydroxylation sites is 2. The predicted molar refractivity (Wildman–Crippen MR) is 100 cm³/mol. The molecule has 4 rings (SSSR count). The largest absolute Gasteiger partial charge is 0.459 e. The van der Waals surface area contributed by atoms with Crippen LogP contribution in [0.5, 0.6) is 11.5 Å². The Balaban J connectivity index is 1.41. The second-order valence-corrected chi connectivity index (χ2v) is 6.20. The lowest BCUT2D eigenvalue weighted by molar-refractivity contribution is -0.149. The van der Waals surface area contributed by atoms with Gasteiger partial charge in [-0.15, -0.1) is 0 Å². The van der Waals surface area contributed by atoms with Crippen molar-refractivity contribution in [1.82, 2.24) is 10.9 Å². The fourth-order valence-electron chi connectivity index (χ4n) is 3.02. The molecular weight excluding hydrogens is 376 g/mol. The molecular formula is C21H16N2O6. The minimum Gasteiger partial charge on any atom is -0.459 e. The Hall–Kier alpha value is -4.07. The van der Waals surface area contributed by atoms with Crippen LogP contribution in [0.25, 0.3) is 0 Å². The van der Waals surface area contributed by atoms with E-state index in [0.29, 0.717) is 22.6 Å². The number of hydrogen-bond donors (Lipinski definition) is 2. The molecule has 0 unspecified atom stereocenters. The summed E-state index contributed by atoms with van der Waals surface area (Å²) in [6, 6.07) is 17.3. The molecule has 0 saturated carbocycles. The number of benzene rings is 2. The fraction of sp³-hybridized carbons (Fsp3) is 0.0952. The van der Waals surface area contributed by atoms with Crippen molar-refractivity contribution in [3.8, 4) is 11.5 Å². The highest BCUT2D eigenvalue weighted by Gasteiger charge is 2.33. The Bertz CT molecular complexity index is 1020. The van der Waals surface area contributed by atoms with E-state index < -0.39 is 30.3 Å². The maximum Gasteiger partial charge on any atom is 0.318 e. The Kier molecular flexibility index (Phi) is 4.98. The van der Waals surface area contributed by atoms with Crippen LogP contribution >= 0.6 is 0 Å². The highest BCUT2D eigenvalue weighted by atomic mass is 16.5. The Morgan fingerprint density at radius 3 is 2.14 bits per heavy atom. The first kappa shape index (κ1) is 18.3. The third kappa shape index (κ3) is 3.81. The maximum absolute atomic E-state index is 12.8. The summed E-state index contributed by atoms with van der Waals surface area (Å²) in [5.74, 6) is -1.47. The number of nitrogens with one attached hydrogen (secondary N) is 2. The molecule has 0 radical (unpaired) electrons. The van der Waals surface area contributed by atoms with Crippen LogP contribution in [0.4, 0.5) is 0 Å². The maximum atomic E-state index is 12.8. The van der Waals surface area contributed by atoms with Crippen LogP contribution in [0.1, 0.15) is 27.6 Å². The molecule has 29 heavy (non-hydrogen) atoms. The number of rotatable bonds is 4. The molecule has 0 aliphatic carbocycles. The zero-order chi connectivity index (χ0) is 20.2. The molecule has 2 amide bonds. The van der Waals surface area contributed by atoms with Gasteiger partial charge in [0.15, 0.2) is 12.4 Å². The SMILES string of the molecule is O=C(COC(=O)C1c2ccccc2Oc2ccccc21)NNC(=O)c1ccco1. The molecule has 1 aliphatic heterocycles. The summed E-state index contributed by atoms with van der Waals surface area (Å²) in [6.07, 6.45) is 1.34. The molecule has 2 N–H and O–H groups in total. The van der Waals surface area contributed by atoms with E-state index in [1.807, 2.05) is 12.1 Å². The summed E-state index contributed by atoms with van der Waals surface area (Å²) in [6.45, 7) is -0.557. The summed E-state index contributed by atoms with van der Waals surface area (Å²) in [5, 5.41) is 0. The first-order chi connectivity index (χ1) is 14.1. The normalized spacial score (nSPS) is 12.1. The van der Waals surface area contributed by atoms with Gasteiger partial charge in [0.25, 0.3) is 5.91 Å². The second-order valence-electron chi connectivity index (χ2n) is 6.20. The minimum atomic E-state index is -0.721. The van der Waals surface area contributed by atoms with Crippen LogP contribution in [-0.4, -0.2) is 24.4 Å². The fourth-order valence-corrected chi connectivity index (χ4v) is 3.02. The topological polar surface area (TPSA) is 107 Å². The number of ether oxygens (including phenoxy) is 2. The van der Waals surface area contributed by atoms with Gasteiger partial charge in [0.05, 0.1) is 6.26 Å². The Labute approximate surface area is 165 Å². The Morgan fingerprint density at radius 1 is 0.862 bits per heavy atom. The standard InChI is InChI=1S/C21H16N2O6/c24-18(22-23-20(25)17-10-5-11-27-17)12-28-21(26)19-13-6-1-3-8-15(13)29-16-9-4-2-7-14(16)19/h1-11,19H,12H2,(H,22,24)(H,23,25). The summed E-state index contributed by atoms with van der Waals surface area (Å²) in [4.78, 5) is 36.5. The molecule has 2 heterocycles. The number of hydrazine groups is 1. The van der Waals surface area contributed by atoms with Crippen molar-refractivity contribution in [2.75, 3.05) is 6.61 Å². The van der Waals surface area contributed by atoms with Crippen molar-refractivity contribution in [2.45, 2.75) is 5.92 Å². The zero-order valence-electron chi connectivity index (χ0n) is 15.1. The van der Waals surface area contributed by atoms with Crippen molar-refractivity contribution in [2.24, 2.45) is 0 Å². The van der Waals surface area contributed by atoms with Crippen LogP contribution in [0.2, 0.25) is 0 Å². The molecule has 0 spiro atoms. The summed E-state index contributed by atoms with van der Waals surface area (Å²) in [7, 11) is 0. The van der Waals surface area contributed by atoms with Crippen molar-refractivity contribution in [3.63, 3.8) is 0 Å². The number of hydrogen-bond acceptors (Lipinski definition) is 6. The molecule has 0 saturated heterocycles. The number of amides is 2. The van der Waals surface area contributed by atoms with E-state index in [9.17, 15) is 14.4 Å². The van der Waals surface area contributed by atoms with Crippen LogP contribution in [-0.2, 0) is 14.3 Å². The van der Waals surface area contributed by atoms with E-state index in [2.05, 4.69) is 10.9 Å². The van der Waals surface area contributed by atoms with Gasteiger partial charge in [-0.2, -0.15) is 0 Å². The minimum absolute atomic E-state index is 0.0396. The molecule has 1 aromatic heterocycles. The third-order valence-electron chi connectivity index (χ3n) is 4.32. The van der Waals surface area contributed by atoms with Gasteiger partial charge in [-0.25, -0.2) is 0 Å². The highest BCUT2D eigenvalue weighted by molar-refractivity contribution is 5.93. The third-order valence-corrected chi connectivity index (χ3v) is 4.32. The van der Waals surface area contributed by atoms with Gasteiger partial charge in [-0.3, -0.25) is 25.2 Å². The quantitative estimate of drug-likeness (QED) is 0.522. The van der Waals surface area contributed by atoms with Gasteiger partial charge in [0.2, 0.25) is 0 Å². The van der Waals surface area contributed by atoms with Crippen molar-refractivity contribution in [1.29, 1.82) is 0 Å². The molecule has 0 atom stereocenters. The van der Waals surface area contributed by atoms with Crippen LogP contribution in [0.3, 0.4) is 0 Å². The van der Waals surface area contributed by atoms with E-state index >= 15 is 0 Å². The molecule has 2 aromatic carbocycles. The van der Waals surface area contributed by atoms with Crippen molar-refractivity contribution < 1.29 is 28.3 Å². The van der Waals surface area contributed by atoms with Crippen LogP contribution < -0.4 is 15.6 Å². The van der Waals surface area contributed by atoms with Gasteiger partial charge in [0.1, 0.15) is 17.4 Å². The van der Waals surface area contributed by atoms with Gasteiger partial charge in [0, 0.05) is 11.1 Å². The molecule has 8 heteroatoms. The summed E-state index contributed by atoms with van der Waals surface area (Å²) < 4.78 is 16.0. The molecule has 1 aliphatic rings. The average Bonchev–Trinajstić information content (AvgIpc) is 3.29. The molecule has 0 fully saturated rings. The van der Waals surface area contributed by atoms with Crippen molar-refractivity contribution in [3.05, 3.63) is 83.8 Å². The molecule has 8 nitrogen and oxygen atoms in total. The van der Waals surface area contributed by atoms with E-state index in [-0.39, 0.29) is 5.76 Å². The number of furan rings is 1. The van der Waals surface area contributed by atoms with Gasteiger partial charge in [-0.1, -0.05) is 36.4 Å². The van der Waals surface area contributed by atoms with Crippen LogP contribution in [0.15, 0.2) is 71.3 Å². The first-order valence-corrected chi connectivity index (χ1v) is 8.78. The van der Waals surface area contributed by atoms with Crippen LogP contribution in [0, 0.1) is 0 Å². The smallest absolute Gasteiger partial charge is 0.318 e. The average molecular weight is 392 g/mol. The van der Waals surface area contributed by atoms with E-state index in [4.69, 9.17) is 13.9 Å². The molecule has 146 valence electrons. The first-order valence-electron chi connectivity index (χ1n) is 8.78. The molecule has 3 aromatic rings. The molecule has 0 bridgehead atoms. The van der Waals surface area contributed by atoms with E-state index in [1.54, 1.807) is 42.5 Å². The Morgan fingerprint density at radius 2 is 1.52 bits per heavy atom. The second kappa shape index (κ2) is 7.89. The zero-order valence-corrected chi connectivity index (χ0v) is 15.1. The van der Waals surface area contributed by atoms with Gasteiger partial charge >= 0.3 is 11.9 Å². The van der Waals surface area contributed by atoms with Gasteiger partial charge < -0.3 is 13.9 Å². The number of esters is 1. The number of carbonyl (C=O) groups is 3.